The smallest absolute Gasteiger partial charge is 0.0693 e. The van der Waals surface area contributed by atoms with Gasteiger partial charge < -0.3 is 10.0 Å². The maximum atomic E-state index is 9.71. The lowest BCUT2D eigenvalue weighted by molar-refractivity contribution is 0.0284. The molecule has 0 aromatic rings. The number of aliphatic hydroxyl groups excluding tert-OH is 1. The van der Waals surface area contributed by atoms with Gasteiger partial charge in [0.1, 0.15) is 0 Å². The van der Waals surface area contributed by atoms with E-state index in [-0.39, 0.29) is 6.10 Å². The summed E-state index contributed by atoms with van der Waals surface area (Å²) >= 11 is 0. The SMILES string of the molecule is CC(C)CCCN1CCC(C)C(O)C1. The monoisotopic (exact) mass is 199 g/mol. The molecule has 0 aromatic heterocycles. The average molecular weight is 199 g/mol. The Bertz CT molecular complexity index is 158. The van der Waals surface area contributed by atoms with Gasteiger partial charge in [-0.15, -0.1) is 0 Å². The van der Waals surface area contributed by atoms with Crippen molar-refractivity contribution in [2.24, 2.45) is 11.8 Å². The molecule has 0 aromatic carbocycles. The van der Waals surface area contributed by atoms with E-state index < -0.39 is 0 Å². The van der Waals surface area contributed by atoms with E-state index in [1.165, 1.54) is 25.9 Å². The maximum absolute atomic E-state index is 9.71. The zero-order valence-electron chi connectivity index (χ0n) is 9.87. The van der Waals surface area contributed by atoms with E-state index in [0.717, 1.165) is 18.9 Å². The predicted octanol–water partition coefficient (Wildman–Crippen LogP) is 2.13. The van der Waals surface area contributed by atoms with Crippen LogP contribution in [0.2, 0.25) is 0 Å². The number of aliphatic hydroxyl groups is 1. The van der Waals surface area contributed by atoms with E-state index in [1.807, 2.05) is 0 Å². The van der Waals surface area contributed by atoms with Crippen LogP contribution in [0.5, 0.6) is 0 Å². The summed E-state index contributed by atoms with van der Waals surface area (Å²) in [7, 11) is 0. The molecule has 1 aliphatic heterocycles. The quantitative estimate of drug-likeness (QED) is 0.749. The molecule has 2 heteroatoms. The summed E-state index contributed by atoms with van der Waals surface area (Å²) in [5, 5.41) is 9.71. The molecule has 14 heavy (non-hydrogen) atoms. The summed E-state index contributed by atoms with van der Waals surface area (Å²) < 4.78 is 0. The van der Waals surface area contributed by atoms with Crippen LogP contribution in [0, 0.1) is 11.8 Å². The number of β-amino-alcohol motifs (C(OH)–C–C–N with tert-alkyl or cyclic N) is 1. The molecule has 1 saturated heterocycles. The summed E-state index contributed by atoms with van der Waals surface area (Å²) in [6.45, 7) is 9.92. The molecule has 1 N–H and O–H groups in total. The topological polar surface area (TPSA) is 23.5 Å². The molecule has 1 heterocycles. The fourth-order valence-electron chi connectivity index (χ4n) is 2.04. The molecule has 1 fully saturated rings. The number of hydrogen-bond donors (Lipinski definition) is 1. The zero-order chi connectivity index (χ0) is 10.6. The number of nitrogens with zero attached hydrogens (tertiary/aromatic N) is 1. The summed E-state index contributed by atoms with van der Waals surface area (Å²) in [6.07, 6.45) is 3.65. The first kappa shape index (κ1) is 12.0. The minimum atomic E-state index is -0.0946. The van der Waals surface area contributed by atoms with E-state index in [9.17, 15) is 5.11 Å². The number of hydrogen-bond acceptors (Lipinski definition) is 2. The van der Waals surface area contributed by atoms with E-state index in [4.69, 9.17) is 0 Å². The summed E-state index contributed by atoms with van der Waals surface area (Å²) in [4.78, 5) is 2.41. The van der Waals surface area contributed by atoms with Crippen LogP contribution in [0.25, 0.3) is 0 Å². The Morgan fingerprint density at radius 2 is 2.14 bits per heavy atom. The third-order valence-corrected chi connectivity index (χ3v) is 3.26. The van der Waals surface area contributed by atoms with Crippen LogP contribution in [0.4, 0.5) is 0 Å². The Morgan fingerprint density at radius 1 is 1.43 bits per heavy atom. The summed E-state index contributed by atoms with van der Waals surface area (Å²) in [6, 6.07) is 0. The van der Waals surface area contributed by atoms with Gasteiger partial charge in [0.05, 0.1) is 6.10 Å². The van der Waals surface area contributed by atoms with E-state index in [2.05, 4.69) is 25.7 Å². The molecule has 0 bridgehead atoms. The van der Waals surface area contributed by atoms with Gasteiger partial charge in [-0.05, 0) is 44.2 Å². The fraction of sp³-hybridized carbons (Fsp3) is 1.00. The van der Waals surface area contributed by atoms with Crippen molar-refractivity contribution < 1.29 is 5.11 Å². The minimum absolute atomic E-state index is 0.0946. The van der Waals surface area contributed by atoms with Crippen molar-refractivity contribution in [2.45, 2.75) is 46.1 Å². The third kappa shape index (κ3) is 3.97. The molecule has 1 aliphatic rings. The van der Waals surface area contributed by atoms with Crippen LogP contribution in [0.15, 0.2) is 0 Å². The Balaban J connectivity index is 2.13. The molecule has 2 atom stereocenters. The normalized spacial score (nSPS) is 29.8. The molecule has 84 valence electrons. The first-order valence-electron chi connectivity index (χ1n) is 6.00. The second-order valence-electron chi connectivity index (χ2n) is 5.17. The van der Waals surface area contributed by atoms with Crippen LogP contribution >= 0.6 is 0 Å². The van der Waals surface area contributed by atoms with Crippen LogP contribution in [-0.2, 0) is 0 Å². The molecule has 1 rings (SSSR count). The van der Waals surface area contributed by atoms with Crippen LogP contribution in [-0.4, -0.2) is 35.7 Å². The highest BCUT2D eigenvalue weighted by atomic mass is 16.3. The van der Waals surface area contributed by atoms with Crippen molar-refractivity contribution in [3.63, 3.8) is 0 Å². The van der Waals surface area contributed by atoms with Crippen LogP contribution < -0.4 is 0 Å². The Hall–Kier alpha value is -0.0800. The summed E-state index contributed by atoms with van der Waals surface area (Å²) in [5.74, 6) is 1.31. The Morgan fingerprint density at radius 3 is 2.71 bits per heavy atom. The largest absolute Gasteiger partial charge is 0.392 e. The molecule has 2 nitrogen and oxygen atoms in total. The molecule has 0 saturated carbocycles. The highest BCUT2D eigenvalue weighted by Gasteiger charge is 2.23. The van der Waals surface area contributed by atoms with Gasteiger partial charge in [0, 0.05) is 6.54 Å². The molecule has 0 radical (unpaired) electrons. The van der Waals surface area contributed by atoms with Crippen molar-refractivity contribution in [3.05, 3.63) is 0 Å². The number of rotatable bonds is 4. The number of likely N-dealkylation sites (tertiary alicyclic amines) is 1. The van der Waals surface area contributed by atoms with Gasteiger partial charge in [0.25, 0.3) is 0 Å². The highest BCUT2D eigenvalue weighted by molar-refractivity contribution is 4.77. The lowest BCUT2D eigenvalue weighted by atomic mass is 9.96. The lowest BCUT2D eigenvalue weighted by Gasteiger charge is -2.34. The second-order valence-corrected chi connectivity index (χ2v) is 5.17. The average Bonchev–Trinajstić information content (AvgIpc) is 2.10. The van der Waals surface area contributed by atoms with Gasteiger partial charge in [-0.25, -0.2) is 0 Å². The van der Waals surface area contributed by atoms with Gasteiger partial charge >= 0.3 is 0 Å². The van der Waals surface area contributed by atoms with Crippen molar-refractivity contribution >= 4 is 0 Å². The zero-order valence-corrected chi connectivity index (χ0v) is 9.87. The number of piperidine rings is 1. The van der Waals surface area contributed by atoms with E-state index in [0.29, 0.717) is 5.92 Å². The van der Waals surface area contributed by atoms with Gasteiger partial charge in [-0.2, -0.15) is 0 Å². The van der Waals surface area contributed by atoms with Gasteiger partial charge in [0.2, 0.25) is 0 Å². The van der Waals surface area contributed by atoms with Crippen LogP contribution in [0.1, 0.15) is 40.0 Å². The molecular formula is C12H25NO. The first-order chi connectivity index (χ1) is 6.59. The van der Waals surface area contributed by atoms with E-state index >= 15 is 0 Å². The molecular weight excluding hydrogens is 174 g/mol. The predicted molar refractivity (Wildman–Crippen MR) is 60.3 cm³/mol. The molecule has 0 spiro atoms. The highest BCUT2D eigenvalue weighted by Crippen LogP contribution is 2.17. The van der Waals surface area contributed by atoms with Crippen molar-refractivity contribution in [2.75, 3.05) is 19.6 Å². The van der Waals surface area contributed by atoms with Gasteiger partial charge in [-0.3, -0.25) is 0 Å². The molecule has 2 unspecified atom stereocenters. The Kier molecular flexibility index (Phi) is 4.90. The second kappa shape index (κ2) is 5.72. The van der Waals surface area contributed by atoms with Crippen LogP contribution in [0.3, 0.4) is 0 Å². The standard InChI is InChI=1S/C12H25NO/c1-10(2)5-4-7-13-8-6-11(3)12(14)9-13/h10-12,14H,4-9H2,1-3H3. The van der Waals surface area contributed by atoms with Crippen molar-refractivity contribution in [1.82, 2.24) is 4.90 Å². The fourth-order valence-corrected chi connectivity index (χ4v) is 2.04. The first-order valence-corrected chi connectivity index (χ1v) is 6.00. The van der Waals surface area contributed by atoms with Gasteiger partial charge in [-0.1, -0.05) is 20.8 Å². The van der Waals surface area contributed by atoms with E-state index in [1.54, 1.807) is 0 Å². The van der Waals surface area contributed by atoms with Crippen molar-refractivity contribution in [3.8, 4) is 0 Å². The van der Waals surface area contributed by atoms with Gasteiger partial charge in [0.15, 0.2) is 0 Å². The minimum Gasteiger partial charge on any atom is -0.392 e. The third-order valence-electron chi connectivity index (χ3n) is 3.26. The Labute approximate surface area is 88.3 Å². The molecule has 0 aliphatic carbocycles. The maximum Gasteiger partial charge on any atom is 0.0693 e. The lowest BCUT2D eigenvalue weighted by Crippen LogP contribution is -2.43. The molecule has 0 amide bonds. The van der Waals surface area contributed by atoms with Crippen molar-refractivity contribution in [1.29, 1.82) is 0 Å². The summed E-state index contributed by atoms with van der Waals surface area (Å²) in [5.41, 5.74) is 0.